The van der Waals surface area contributed by atoms with E-state index in [0.29, 0.717) is 0 Å². The van der Waals surface area contributed by atoms with Crippen molar-refractivity contribution in [2.75, 3.05) is 0 Å². The van der Waals surface area contributed by atoms with E-state index in [1.54, 1.807) is 12.4 Å². The third kappa shape index (κ3) is 3.46. The Balaban J connectivity index is 0.00000112. The van der Waals surface area contributed by atoms with Gasteiger partial charge in [-0.15, -0.1) is 25.0 Å². The highest BCUT2D eigenvalue weighted by molar-refractivity contribution is 7.80. The minimum atomic E-state index is 0. The molecule has 0 saturated carbocycles. The quantitative estimate of drug-likeness (QED) is 0.810. The van der Waals surface area contributed by atoms with Crippen molar-refractivity contribution < 1.29 is 4.74 Å². The van der Waals surface area contributed by atoms with Crippen LogP contribution < -0.4 is 4.74 Å². The molecule has 2 nitrogen and oxygen atoms in total. The molecule has 0 spiro atoms. The highest BCUT2D eigenvalue weighted by Crippen LogP contribution is 2.21. The number of pyridine rings is 1. The number of aromatic nitrogens is 1. The minimum absolute atomic E-state index is 0. The summed E-state index contributed by atoms with van der Waals surface area (Å²) in [5.41, 5.74) is 0. The predicted octanol–water partition coefficient (Wildman–Crippen LogP) is 3.58. The number of halogens is 1. The number of ether oxygens (including phenoxy) is 1. The second-order valence-electron chi connectivity index (χ2n) is 2.78. The molecule has 1 aromatic carbocycles. The zero-order valence-electron chi connectivity index (χ0n) is 7.83. The Kier molecular flexibility index (Phi) is 4.46. The normalized spacial score (nSPS) is 9.13. The molecule has 0 unspecified atom stereocenters. The predicted molar refractivity (Wildman–Crippen MR) is 65.3 cm³/mol. The number of benzene rings is 1. The molecule has 0 aliphatic heterocycles. The SMILES string of the molecule is Cl.Sc1ccc(Oc2ccncc2)cc1. The zero-order valence-corrected chi connectivity index (χ0v) is 9.54. The molecule has 1 aromatic heterocycles. The first-order valence-corrected chi connectivity index (χ1v) is 4.66. The van der Waals surface area contributed by atoms with Gasteiger partial charge in [0.15, 0.2) is 0 Å². The maximum absolute atomic E-state index is 5.56. The van der Waals surface area contributed by atoms with Crippen LogP contribution in [0.15, 0.2) is 53.7 Å². The van der Waals surface area contributed by atoms with E-state index >= 15 is 0 Å². The van der Waals surface area contributed by atoms with Crippen molar-refractivity contribution in [2.24, 2.45) is 0 Å². The summed E-state index contributed by atoms with van der Waals surface area (Å²) in [4.78, 5) is 4.83. The summed E-state index contributed by atoms with van der Waals surface area (Å²) in [7, 11) is 0. The van der Waals surface area contributed by atoms with Crippen molar-refractivity contribution in [3.05, 3.63) is 48.8 Å². The van der Waals surface area contributed by atoms with Gasteiger partial charge in [0.05, 0.1) is 0 Å². The first kappa shape index (κ1) is 11.9. The van der Waals surface area contributed by atoms with Crippen molar-refractivity contribution in [1.82, 2.24) is 4.98 Å². The molecule has 15 heavy (non-hydrogen) atoms. The largest absolute Gasteiger partial charge is 0.457 e. The van der Waals surface area contributed by atoms with Gasteiger partial charge in [0.1, 0.15) is 11.5 Å². The summed E-state index contributed by atoms with van der Waals surface area (Å²) in [6.45, 7) is 0. The molecule has 4 heteroatoms. The lowest BCUT2D eigenvalue weighted by atomic mass is 10.3. The highest BCUT2D eigenvalue weighted by Gasteiger charge is 1.94. The molecule has 0 aliphatic carbocycles. The maximum Gasteiger partial charge on any atom is 0.130 e. The molecule has 0 bridgehead atoms. The molecule has 2 rings (SSSR count). The average molecular weight is 240 g/mol. The van der Waals surface area contributed by atoms with Gasteiger partial charge in [0.2, 0.25) is 0 Å². The van der Waals surface area contributed by atoms with Gasteiger partial charge < -0.3 is 4.74 Å². The van der Waals surface area contributed by atoms with Gasteiger partial charge >= 0.3 is 0 Å². The Bertz CT molecular complexity index is 405. The van der Waals surface area contributed by atoms with E-state index in [2.05, 4.69) is 17.6 Å². The lowest BCUT2D eigenvalue weighted by Gasteiger charge is -2.04. The fraction of sp³-hybridized carbons (Fsp3) is 0. The van der Waals surface area contributed by atoms with Crippen LogP contribution in [0.25, 0.3) is 0 Å². The Morgan fingerprint density at radius 1 is 0.867 bits per heavy atom. The van der Waals surface area contributed by atoms with Crippen LogP contribution >= 0.6 is 25.0 Å². The molecule has 0 aliphatic rings. The molecular weight excluding hydrogens is 230 g/mol. The van der Waals surface area contributed by atoms with Crippen LogP contribution in [0.3, 0.4) is 0 Å². The monoisotopic (exact) mass is 239 g/mol. The average Bonchev–Trinajstić information content (AvgIpc) is 2.23. The first-order chi connectivity index (χ1) is 6.84. The van der Waals surface area contributed by atoms with Crippen LogP contribution in [0, 0.1) is 0 Å². The van der Waals surface area contributed by atoms with Crippen molar-refractivity contribution >= 4 is 25.0 Å². The van der Waals surface area contributed by atoms with Crippen molar-refractivity contribution in [3.63, 3.8) is 0 Å². The summed E-state index contributed by atoms with van der Waals surface area (Å²) >= 11 is 4.19. The summed E-state index contributed by atoms with van der Waals surface area (Å²) in [5.74, 6) is 1.58. The molecule has 78 valence electrons. The maximum atomic E-state index is 5.56. The zero-order chi connectivity index (χ0) is 9.80. The highest BCUT2D eigenvalue weighted by atomic mass is 35.5. The number of thiol groups is 1. The van der Waals surface area contributed by atoms with E-state index in [1.807, 2.05) is 36.4 Å². The smallest absolute Gasteiger partial charge is 0.130 e. The third-order valence-electron chi connectivity index (χ3n) is 1.72. The number of hydrogen-bond donors (Lipinski definition) is 1. The fourth-order valence-corrected chi connectivity index (χ4v) is 1.21. The summed E-state index contributed by atoms with van der Waals surface area (Å²) in [6, 6.07) is 11.2. The molecule has 0 saturated heterocycles. The van der Waals surface area contributed by atoms with Gasteiger partial charge in [-0.1, -0.05) is 0 Å². The lowest BCUT2D eigenvalue weighted by Crippen LogP contribution is -1.83. The Hall–Kier alpha value is -1.19. The van der Waals surface area contributed by atoms with Gasteiger partial charge in [-0.25, -0.2) is 0 Å². The molecule has 2 aromatic rings. The van der Waals surface area contributed by atoms with E-state index in [9.17, 15) is 0 Å². The van der Waals surface area contributed by atoms with Gasteiger partial charge in [-0.3, -0.25) is 4.98 Å². The summed E-state index contributed by atoms with van der Waals surface area (Å²) < 4.78 is 5.56. The molecule has 0 radical (unpaired) electrons. The Morgan fingerprint density at radius 3 is 2.00 bits per heavy atom. The first-order valence-electron chi connectivity index (χ1n) is 4.21. The molecule has 0 N–H and O–H groups in total. The Labute approximate surface area is 100 Å². The van der Waals surface area contributed by atoms with Crippen LogP contribution in [-0.4, -0.2) is 4.98 Å². The van der Waals surface area contributed by atoms with Crippen LogP contribution in [-0.2, 0) is 0 Å². The molecule has 0 amide bonds. The van der Waals surface area contributed by atoms with Gasteiger partial charge in [-0.05, 0) is 36.4 Å². The van der Waals surface area contributed by atoms with Gasteiger partial charge in [0, 0.05) is 17.3 Å². The van der Waals surface area contributed by atoms with Crippen LogP contribution in [0.5, 0.6) is 11.5 Å². The lowest BCUT2D eigenvalue weighted by molar-refractivity contribution is 0.481. The third-order valence-corrected chi connectivity index (χ3v) is 2.02. The second kappa shape index (κ2) is 5.63. The van der Waals surface area contributed by atoms with E-state index in [4.69, 9.17) is 4.74 Å². The number of rotatable bonds is 2. The van der Waals surface area contributed by atoms with Crippen molar-refractivity contribution in [2.45, 2.75) is 4.90 Å². The minimum Gasteiger partial charge on any atom is -0.457 e. The second-order valence-corrected chi connectivity index (χ2v) is 3.30. The molecular formula is C11H10ClNOS. The van der Waals surface area contributed by atoms with E-state index < -0.39 is 0 Å². The molecule has 0 atom stereocenters. The number of nitrogens with zero attached hydrogens (tertiary/aromatic N) is 1. The Morgan fingerprint density at radius 2 is 1.40 bits per heavy atom. The van der Waals surface area contributed by atoms with Crippen molar-refractivity contribution in [3.8, 4) is 11.5 Å². The van der Waals surface area contributed by atoms with Gasteiger partial charge in [0.25, 0.3) is 0 Å². The number of hydrogen-bond acceptors (Lipinski definition) is 3. The standard InChI is InChI=1S/C11H9NOS.ClH/c14-11-3-1-9(2-4-11)13-10-5-7-12-8-6-10;/h1-8,14H;1H. The van der Waals surface area contributed by atoms with Crippen LogP contribution in [0.1, 0.15) is 0 Å². The molecule has 1 heterocycles. The molecule has 0 fully saturated rings. The summed E-state index contributed by atoms with van der Waals surface area (Å²) in [5, 5.41) is 0. The van der Waals surface area contributed by atoms with E-state index in [0.717, 1.165) is 16.4 Å². The van der Waals surface area contributed by atoms with E-state index in [1.165, 1.54) is 0 Å². The summed E-state index contributed by atoms with van der Waals surface area (Å²) in [6.07, 6.45) is 3.39. The van der Waals surface area contributed by atoms with Gasteiger partial charge in [-0.2, -0.15) is 0 Å². The fourth-order valence-electron chi connectivity index (χ4n) is 1.06. The topological polar surface area (TPSA) is 22.1 Å². The van der Waals surface area contributed by atoms with Crippen LogP contribution in [0.2, 0.25) is 0 Å². The van der Waals surface area contributed by atoms with Crippen LogP contribution in [0.4, 0.5) is 0 Å². The van der Waals surface area contributed by atoms with Crippen molar-refractivity contribution in [1.29, 1.82) is 0 Å². The van der Waals surface area contributed by atoms with E-state index in [-0.39, 0.29) is 12.4 Å².